The summed E-state index contributed by atoms with van der Waals surface area (Å²) in [6.07, 6.45) is 0. The number of nitro benzene ring substituents is 2. The van der Waals surface area contributed by atoms with E-state index in [1.165, 1.54) is 24.3 Å². The molecule has 116 valence electrons. The van der Waals surface area contributed by atoms with E-state index in [9.17, 15) is 29.8 Å². The van der Waals surface area contributed by atoms with Gasteiger partial charge < -0.3 is 5.11 Å². The van der Waals surface area contributed by atoms with Crippen LogP contribution < -0.4 is 0 Å². The molecular weight excluding hydrogens is 308 g/mol. The molecule has 0 saturated heterocycles. The second kappa shape index (κ2) is 6.02. The van der Waals surface area contributed by atoms with Gasteiger partial charge in [-0.25, -0.2) is 4.79 Å². The molecule has 0 aliphatic carbocycles. The van der Waals surface area contributed by atoms with Crippen LogP contribution >= 0.6 is 0 Å². The van der Waals surface area contributed by atoms with Gasteiger partial charge >= 0.3 is 5.97 Å². The lowest BCUT2D eigenvalue weighted by Gasteiger charge is -2.06. The number of hydrogen-bond donors (Lipinski definition) is 1. The minimum Gasteiger partial charge on any atom is -0.477 e. The minimum atomic E-state index is -1.63. The van der Waals surface area contributed by atoms with Crippen molar-refractivity contribution < 1.29 is 24.5 Å². The number of non-ortho nitro benzene ring substituents is 1. The van der Waals surface area contributed by atoms with Crippen molar-refractivity contribution in [1.82, 2.24) is 0 Å². The number of ketones is 1. The number of aromatic carboxylic acids is 1. The van der Waals surface area contributed by atoms with Gasteiger partial charge in [0.25, 0.3) is 11.4 Å². The van der Waals surface area contributed by atoms with Gasteiger partial charge in [-0.1, -0.05) is 18.2 Å². The summed E-state index contributed by atoms with van der Waals surface area (Å²) in [6.45, 7) is 0. The van der Waals surface area contributed by atoms with E-state index in [0.717, 1.165) is 18.2 Å². The van der Waals surface area contributed by atoms with Gasteiger partial charge in [-0.15, -0.1) is 0 Å². The maximum atomic E-state index is 12.4. The van der Waals surface area contributed by atoms with Crippen LogP contribution in [0.3, 0.4) is 0 Å². The Kier molecular flexibility index (Phi) is 4.12. The Hall–Kier alpha value is -3.62. The number of benzene rings is 2. The van der Waals surface area contributed by atoms with E-state index in [-0.39, 0.29) is 11.3 Å². The third-order valence-corrected chi connectivity index (χ3v) is 3.02. The van der Waals surface area contributed by atoms with Crippen LogP contribution in [0, 0.1) is 20.2 Å². The normalized spacial score (nSPS) is 10.1. The highest BCUT2D eigenvalue weighted by Crippen LogP contribution is 2.25. The van der Waals surface area contributed by atoms with Crippen molar-refractivity contribution in [3.8, 4) is 0 Å². The Morgan fingerprint density at radius 2 is 1.61 bits per heavy atom. The predicted molar refractivity (Wildman–Crippen MR) is 76.6 cm³/mol. The van der Waals surface area contributed by atoms with Gasteiger partial charge in [0.2, 0.25) is 0 Å². The topological polar surface area (TPSA) is 141 Å². The molecule has 0 unspecified atom stereocenters. The number of hydrogen-bond acceptors (Lipinski definition) is 6. The fourth-order valence-electron chi connectivity index (χ4n) is 2.02. The Balaban J connectivity index is 2.62. The molecule has 0 aliphatic heterocycles. The number of nitrogens with zero attached hydrogens (tertiary/aromatic N) is 2. The van der Waals surface area contributed by atoms with E-state index in [1.54, 1.807) is 0 Å². The van der Waals surface area contributed by atoms with E-state index < -0.39 is 38.4 Å². The number of carboxylic acid groups (broad SMARTS) is 1. The first-order valence-corrected chi connectivity index (χ1v) is 6.12. The SMILES string of the molecule is O=C(c1cccc([N+](=O)[O-])c1)c1cccc([N+](=O)[O-])c1C(=O)O. The Morgan fingerprint density at radius 3 is 2.17 bits per heavy atom. The second-order valence-electron chi connectivity index (χ2n) is 4.40. The van der Waals surface area contributed by atoms with E-state index in [2.05, 4.69) is 0 Å². The van der Waals surface area contributed by atoms with Gasteiger partial charge in [0.05, 0.1) is 9.85 Å². The molecule has 0 amide bonds. The molecule has 2 aromatic rings. The Bertz CT molecular complexity index is 845. The summed E-state index contributed by atoms with van der Waals surface area (Å²) in [6, 6.07) is 7.94. The first kappa shape index (κ1) is 15.8. The van der Waals surface area contributed by atoms with Gasteiger partial charge in [0.15, 0.2) is 5.78 Å². The molecule has 0 fully saturated rings. The maximum absolute atomic E-state index is 12.4. The van der Waals surface area contributed by atoms with Crippen LogP contribution in [0.15, 0.2) is 42.5 Å². The van der Waals surface area contributed by atoms with Crippen molar-refractivity contribution in [2.45, 2.75) is 0 Å². The van der Waals surface area contributed by atoms with E-state index >= 15 is 0 Å². The molecule has 1 N–H and O–H groups in total. The zero-order chi connectivity index (χ0) is 17.1. The van der Waals surface area contributed by atoms with E-state index in [4.69, 9.17) is 5.11 Å². The van der Waals surface area contributed by atoms with Gasteiger partial charge in [-0.2, -0.15) is 0 Å². The highest BCUT2D eigenvalue weighted by atomic mass is 16.6. The number of carboxylic acids is 1. The summed E-state index contributed by atoms with van der Waals surface area (Å²) >= 11 is 0. The summed E-state index contributed by atoms with van der Waals surface area (Å²) in [7, 11) is 0. The number of carbonyl (C=O) groups is 2. The van der Waals surface area contributed by atoms with E-state index in [0.29, 0.717) is 0 Å². The lowest BCUT2D eigenvalue weighted by Crippen LogP contribution is -2.12. The average molecular weight is 316 g/mol. The van der Waals surface area contributed by atoms with Crippen molar-refractivity contribution in [3.63, 3.8) is 0 Å². The molecule has 2 rings (SSSR count). The lowest BCUT2D eigenvalue weighted by atomic mass is 9.97. The van der Waals surface area contributed by atoms with E-state index in [1.807, 2.05) is 0 Å². The molecule has 0 saturated carbocycles. The van der Waals surface area contributed by atoms with Crippen LogP contribution in [0.1, 0.15) is 26.3 Å². The third kappa shape index (κ3) is 3.02. The van der Waals surface area contributed by atoms with Gasteiger partial charge in [-0.3, -0.25) is 25.0 Å². The maximum Gasteiger partial charge on any atom is 0.343 e. The summed E-state index contributed by atoms with van der Waals surface area (Å²) in [5.74, 6) is -2.49. The Morgan fingerprint density at radius 1 is 0.957 bits per heavy atom. The van der Waals surface area contributed by atoms with Crippen molar-refractivity contribution in [1.29, 1.82) is 0 Å². The van der Waals surface area contributed by atoms with Crippen LogP contribution in [0.2, 0.25) is 0 Å². The standard InChI is InChI=1S/C14H8N2O7/c17-13(8-3-1-4-9(7-8)15(20)21)10-5-2-6-11(16(22)23)12(10)14(18)19/h1-7H,(H,18,19). The highest BCUT2D eigenvalue weighted by Gasteiger charge is 2.27. The van der Waals surface area contributed by atoms with Crippen LogP contribution in [-0.2, 0) is 0 Å². The lowest BCUT2D eigenvalue weighted by molar-refractivity contribution is -0.385. The molecule has 0 aromatic heterocycles. The van der Waals surface area contributed by atoms with Gasteiger partial charge in [-0.05, 0) is 6.07 Å². The van der Waals surface area contributed by atoms with Crippen molar-refractivity contribution >= 4 is 23.1 Å². The smallest absolute Gasteiger partial charge is 0.343 e. The van der Waals surface area contributed by atoms with Crippen LogP contribution in [-0.4, -0.2) is 26.7 Å². The monoisotopic (exact) mass is 316 g/mol. The first-order chi connectivity index (χ1) is 10.8. The number of carbonyl (C=O) groups excluding carboxylic acids is 1. The third-order valence-electron chi connectivity index (χ3n) is 3.02. The fraction of sp³-hybridized carbons (Fsp3) is 0. The summed E-state index contributed by atoms with van der Waals surface area (Å²) in [5, 5.41) is 30.8. The number of rotatable bonds is 5. The molecule has 0 heterocycles. The second-order valence-corrected chi connectivity index (χ2v) is 4.40. The van der Waals surface area contributed by atoms with Crippen molar-refractivity contribution in [2.24, 2.45) is 0 Å². The predicted octanol–water partition coefficient (Wildman–Crippen LogP) is 2.43. The Labute approximate surface area is 128 Å². The van der Waals surface area contributed by atoms with Crippen molar-refractivity contribution in [3.05, 3.63) is 79.4 Å². The average Bonchev–Trinajstić information content (AvgIpc) is 2.53. The summed E-state index contributed by atoms with van der Waals surface area (Å²) in [5.41, 5.74) is -2.38. The van der Waals surface area contributed by atoms with Gasteiger partial charge in [0, 0.05) is 29.3 Å². The molecule has 23 heavy (non-hydrogen) atoms. The molecular formula is C14H8N2O7. The largest absolute Gasteiger partial charge is 0.477 e. The summed E-state index contributed by atoms with van der Waals surface area (Å²) in [4.78, 5) is 43.8. The highest BCUT2D eigenvalue weighted by molar-refractivity contribution is 6.15. The van der Waals surface area contributed by atoms with Crippen LogP contribution in [0.5, 0.6) is 0 Å². The zero-order valence-electron chi connectivity index (χ0n) is 11.3. The van der Waals surface area contributed by atoms with Gasteiger partial charge in [0.1, 0.15) is 5.56 Å². The molecule has 0 bridgehead atoms. The van der Waals surface area contributed by atoms with Crippen molar-refractivity contribution in [2.75, 3.05) is 0 Å². The molecule has 0 aliphatic rings. The molecule has 9 nitrogen and oxygen atoms in total. The van der Waals surface area contributed by atoms with Crippen LogP contribution in [0.4, 0.5) is 11.4 Å². The zero-order valence-corrected chi connectivity index (χ0v) is 11.3. The molecule has 0 atom stereocenters. The molecule has 0 spiro atoms. The molecule has 9 heteroatoms. The number of nitro groups is 2. The quantitative estimate of drug-likeness (QED) is 0.507. The minimum absolute atomic E-state index is 0.137. The molecule has 0 radical (unpaired) electrons. The molecule has 2 aromatic carbocycles. The van der Waals surface area contributed by atoms with Crippen LogP contribution in [0.25, 0.3) is 0 Å². The summed E-state index contributed by atoms with van der Waals surface area (Å²) < 4.78 is 0. The first-order valence-electron chi connectivity index (χ1n) is 6.12. The fourth-order valence-corrected chi connectivity index (χ4v) is 2.02.